The Balaban J connectivity index is 1.64. The molecule has 1 aromatic rings. The summed E-state index contributed by atoms with van der Waals surface area (Å²) >= 11 is 0. The van der Waals surface area contributed by atoms with Crippen LogP contribution >= 0.6 is 0 Å². The Morgan fingerprint density at radius 2 is 1.88 bits per heavy atom. The van der Waals surface area contributed by atoms with Crippen LogP contribution in [0.25, 0.3) is 0 Å². The fourth-order valence-corrected chi connectivity index (χ4v) is 2.78. The smallest absolute Gasteiger partial charge is 0.387 e. The molecule has 0 bridgehead atoms. The molecule has 0 spiro atoms. The molecule has 2 rings (SSSR count). The maximum atomic E-state index is 12.1. The van der Waals surface area contributed by atoms with E-state index < -0.39 is 12.6 Å². The number of carbonyl (C=O) groups is 2. The molecule has 1 heterocycles. The van der Waals surface area contributed by atoms with Crippen LogP contribution in [0.5, 0.6) is 5.75 Å². The summed E-state index contributed by atoms with van der Waals surface area (Å²) in [6.07, 6.45) is 1.72. The molecular weight excluding hydrogens is 334 g/mol. The number of amides is 1. The number of piperidine rings is 1. The molecule has 1 aliphatic rings. The summed E-state index contributed by atoms with van der Waals surface area (Å²) in [5.41, 5.74) is 0.907. The number of carbonyl (C=O) groups excluding carboxylic acids is 1. The molecule has 1 aromatic carbocycles. The summed E-state index contributed by atoms with van der Waals surface area (Å²) in [6, 6.07) is 6.30. The van der Waals surface area contributed by atoms with Crippen molar-refractivity contribution in [3.05, 3.63) is 29.8 Å². The lowest BCUT2D eigenvalue weighted by molar-refractivity contribution is -0.143. The molecule has 0 aliphatic carbocycles. The van der Waals surface area contributed by atoms with E-state index in [0.29, 0.717) is 38.9 Å². The average molecular weight is 356 g/mol. The number of likely N-dealkylation sites (tertiary alicyclic amines) is 1. The summed E-state index contributed by atoms with van der Waals surface area (Å²) in [7, 11) is 0. The summed E-state index contributed by atoms with van der Waals surface area (Å²) in [5.74, 6) is -1.08. The Bertz CT molecular complexity index is 573. The second-order valence-corrected chi connectivity index (χ2v) is 6.01. The van der Waals surface area contributed by atoms with Gasteiger partial charge in [-0.15, -0.1) is 0 Å². The van der Waals surface area contributed by atoms with Crippen molar-refractivity contribution >= 4 is 11.9 Å². The number of carboxylic acid groups (broad SMARTS) is 1. The summed E-state index contributed by atoms with van der Waals surface area (Å²) in [6.45, 7) is -0.926. The summed E-state index contributed by atoms with van der Waals surface area (Å²) in [4.78, 5) is 24.8. The molecule has 25 heavy (non-hydrogen) atoms. The van der Waals surface area contributed by atoms with Gasteiger partial charge in [0.2, 0.25) is 5.91 Å². The van der Waals surface area contributed by atoms with Crippen LogP contribution in [0.15, 0.2) is 24.3 Å². The van der Waals surface area contributed by atoms with Crippen molar-refractivity contribution in [2.24, 2.45) is 5.92 Å². The van der Waals surface area contributed by atoms with Crippen LogP contribution in [0.4, 0.5) is 8.78 Å². The van der Waals surface area contributed by atoms with Crippen LogP contribution in [-0.4, -0.2) is 54.7 Å². The quantitative estimate of drug-likeness (QED) is 0.742. The molecule has 1 aliphatic heterocycles. The molecule has 2 N–H and O–H groups in total. The molecule has 1 fully saturated rings. The minimum atomic E-state index is -2.84. The molecule has 0 aromatic heterocycles. The van der Waals surface area contributed by atoms with Gasteiger partial charge in [0.1, 0.15) is 5.75 Å². The number of aliphatic carboxylic acids is 1. The first-order valence-electron chi connectivity index (χ1n) is 8.19. The third kappa shape index (κ3) is 6.66. The van der Waals surface area contributed by atoms with Gasteiger partial charge >= 0.3 is 12.6 Å². The van der Waals surface area contributed by atoms with Crippen LogP contribution in [0, 0.1) is 5.92 Å². The van der Waals surface area contributed by atoms with Crippen LogP contribution in [0.3, 0.4) is 0 Å². The van der Waals surface area contributed by atoms with Gasteiger partial charge in [0.15, 0.2) is 0 Å². The lowest BCUT2D eigenvalue weighted by atomic mass is 9.97. The van der Waals surface area contributed by atoms with E-state index in [1.165, 1.54) is 12.1 Å². The molecule has 0 radical (unpaired) electrons. The van der Waals surface area contributed by atoms with Crippen molar-refractivity contribution in [1.29, 1.82) is 0 Å². The number of hydrogen-bond acceptors (Lipinski definition) is 4. The first-order chi connectivity index (χ1) is 11.9. The molecular formula is C17H22F2N2O4. The first kappa shape index (κ1) is 19.1. The highest BCUT2D eigenvalue weighted by Gasteiger charge is 2.25. The second kappa shape index (κ2) is 9.31. The van der Waals surface area contributed by atoms with Gasteiger partial charge in [0.25, 0.3) is 0 Å². The van der Waals surface area contributed by atoms with E-state index in [1.54, 1.807) is 12.1 Å². The zero-order valence-electron chi connectivity index (χ0n) is 13.8. The van der Waals surface area contributed by atoms with Gasteiger partial charge in [-0.2, -0.15) is 8.78 Å². The lowest BCUT2D eigenvalue weighted by Crippen LogP contribution is -2.43. The van der Waals surface area contributed by atoms with Crippen molar-refractivity contribution < 1.29 is 28.2 Å². The number of halogens is 2. The highest BCUT2D eigenvalue weighted by atomic mass is 19.3. The minimum Gasteiger partial charge on any atom is -0.481 e. The standard InChI is InChI=1S/C17H22F2N2O4/c18-17(19)25-14-3-1-12(2-4-14)5-8-20-15(22)11-21-9-6-13(7-10-21)16(23)24/h1-4,13,17H,5-11H2,(H,20,22)(H,23,24). The van der Waals surface area contributed by atoms with E-state index in [1.807, 2.05) is 4.90 Å². The van der Waals surface area contributed by atoms with E-state index in [9.17, 15) is 18.4 Å². The van der Waals surface area contributed by atoms with Crippen molar-refractivity contribution in [2.75, 3.05) is 26.2 Å². The van der Waals surface area contributed by atoms with Crippen LogP contribution in [-0.2, 0) is 16.0 Å². The molecule has 8 heteroatoms. The van der Waals surface area contributed by atoms with Gasteiger partial charge in [-0.25, -0.2) is 0 Å². The predicted octanol–water partition coefficient (Wildman–Crippen LogP) is 1.74. The largest absolute Gasteiger partial charge is 0.481 e. The van der Waals surface area contributed by atoms with Gasteiger partial charge < -0.3 is 15.2 Å². The number of ether oxygens (including phenoxy) is 1. The van der Waals surface area contributed by atoms with Crippen LogP contribution < -0.4 is 10.1 Å². The van der Waals surface area contributed by atoms with Gasteiger partial charge in [-0.1, -0.05) is 12.1 Å². The van der Waals surface area contributed by atoms with E-state index in [4.69, 9.17) is 5.11 Å². The molecule has 6 nitrogen and oxygen atoms in total. The van der Waals surface area contributed by atoms with Crippen molar-refractivity contribution in [3.63, 3.8) is 0 Å². The zero-order valence-corrected chi connectivity index (χ0v) is 13.8. The highest BCUT2D eigenvalue weighted by molar-refractivity contribution is 5.78. The minimum absolute atomic E-state index is 0.104. The number of alkyl halides is 2. The molecule has 1 saturated heterocycles. The fourth-order valence-electron chi connectivity index (χ4n) is 2.78. The van der Waals surface area contributed by atoms with E-state index in [2.05, 4.69) is 10.1 Å². The normalized spacial score (nSPS) is 16.0. The van der Waals surface area contributed by atoms with Crippen molar-refractivity contribution in [1.82, 2.24) is 10.2 Å². The number of rotatable bonds is 8. The Labute approximate surface area is 144 Å². The van der Waals surface area contributed by atoms with E-state index in [-0.39, 0.29) is 24.1 Å². The Morgan fingerprint density at radius 3 is 2.44 bits per heavy atom. The molecule has 0 saturated carbocycles. The zero-order chi connectivity index (χ0) is 18.2. The summed E-state index contributed by atoms with van der Waals surface area (Å²) < 4.78 is 28.4. The van der Waals surface area contributed by atoms with E-state index in [0.717, 1.165) is 5.56 Å². The number of carboxylic acids is 1. The van der Waals surface area contributed by atoms with Crippen molar-refractivity contribution in [3.8, 4) is 5.75 Å². The van der Waals surface area contributed by atoms with Crippen LogP contribution in [0.1, 0.15) is 18.4 Å². The lowest BCUT2D eigenvalue weighted by Gasteiger charge is -2.29. The molecule has 138 valence electrons. The summed E-state index contributed by atoms with van der Waals surface area (Å²) in [5, 5.41) is 11.8. The van der Waals surface area contributed by atoms with Gasteiger partial charge in [0, 0.05) is 6.54 Å². The van der Waals surface area contributed by atoms with Gasteiger partial charge in [0.05, 0.1) is 12.5 Å². The van der Waals surface area contributed by atoms with Crippen molar-refractivity contribution in [2.45, 2.75) is 25.9 Å². The number of nitrogens with one attached hydrogen (secondary N) is 1. The third-order valence-electron chi connectivity index (χ3n) is 4.19. The number of benzene rings is 1. The average Bonchev–Trinajstić information content (AvgIpc) is 2.56. The van der Waals surface area contributed by atoms with Crippen LogP contribution in [0.2, 0.25) is 0 Å². The first-order valence-corrected chi connectivity index (χ1v) is 8.19. The SMILES string of the molecule is O=C(CN1CCC(C(=O)O)CC1)NCCc1ccc(OC(F)F)cc1. The molecule has 0 unspecified atom stereocenters. The van der Waals surface area contributed by atoms with E-state index >= 15 is 0 Å². The maximum absolute atomic E-state index is 12.1. The monoisotopic (exact) mass is 356 g/mol. The number of hydrogen-bond donors (Lipinski definition) is 2. The van der Waals surface area contributed by atoms with Gasteiger partial charge in [-0.3, -0.25) is 14.5 Å². The Kier molecular flexibility index (Phi) is 7.12. The predicted molar refractivity (Wildman–Crippen MR) is 86.6 cm³/mol. The molecule has 0 atom stereocenters. The maximum Gasteiger partial charge on any atom is 0.387 e. The Hall–Kier alpha value is -2.22. The number of nitrogens with zero attached hydrogens (tertiary/aromatic N) is 1. The van der Waals surface area contributed by atoms with Gasteiger partial charge in [-0.05, 0) is 50.0 Å². The Morgan fingerprint density at radius 1 is 1.24 bits per heavy atom. The fraction of sp³-hybridized carbons (Fsp3) is 0.529. The highest BCUT2D eigenvalue weighted by Crippen LogP contribution is 2.17. The molecule has 1 amide bonds. The second-order valence-electron chi connectivity index (χ2n) is 6.01. The third-order valence-corrected chi connectivity index (χ3v) is 4.19. The topological polar surface area (TPSA) is 78.9 Å².